The molecule has 1 aliphatic rings. The van der Waals surface area contributed by atoms with Gasteiger partial charge in [-0.2, -0.15) is 11.8 Å². The molecule has 1 saturated carbocycles. The molecule has 0 aromatic rings. The second-order valence-corrected chi connectivity index (χ2v) is 5.73. The fourth-order valence-corrected chi connectivity index (χ4v) is 3.98. The molecule has 0 amide bonds. The Balaban J connectivity index is 3.09. The van der Waals surface area contributed by atoms with E-state index in [9.17, 15) is 9.59 Å². The average Bonchev–Trinajstić information content (AvgIpc) is 2.75. The lowest BCUT2D eigenvalue weighted by Crippen LogP contribution is -2.34. The highest BCUT2D eigenvalue weighted by atomic mass is 32.2. The molecule has 0 bridgehead atoms. The Bertz CT molecular complexity index is 295. The Morgan fingerprint density at radius 3 is 1.94 bits per heavy atom. The first-order valence-corrected chi connectivity index (χ1v) is 6.24. The van der Waals surface area contributed by atoms with Crippen LogP contribution in [-0.2, 0) is 19.1 Å². The predicted molar refractivity (Wildman–Crippen MR) is 62.2 cm³/mol. The van der Waals surface area contributed by atoms with Gasteiger partial charge in [0.1, 0.15) is 0 Å². The summed E-state index contributed by atoms with van der Waals surface area (Å²) in [6.07, 6.45) is 0. The zero-order valence-corrected chi connectivity index (χ0v) is 11.1. The van der Waals surface area contributed by atoms with Gasteiger partial charge in [0, 0.05) is 10.7 Å². The standard InChI is InChI=1S/C11H18O4S/c1-6-16-7-10(2,3)11(7,8(12)14-4)9(13)15-5/h7H,6H2,1-5H3. The minimum atomic E-state index is -1.13. The van der Waals surface area contributed by atoms with E-state index in [-0.39, 0.29) is 5.25 Å². The molecule has 4 nitrogen and oxygen atoms in total. The van der Waals surface area contributed by atoms with Crippen LogP contribution in [-0.4, -0.2) is 37.2 Å². The van der Waals surface area contributed by atoms with Gasteiger partial charge in [-0.15, -0.1) is 0 Å². The van der Waals surface area contributed by atoms with Gasteiger partial charge >= 0.3 is 11.9 Å². The predicted octanol–water partition coefficient (Wildman–Crippen LogP) is 1.48. The summed E-state index contributed by atoms with van der Waals surface area (Å²) in [4.78, 5) is 23.7. The highest BCUT2D eigenvalue weighted by molar-refractivity contribution is 8.00. The van der Waals surface area contributed by atoms with Crippen LogP contribution in [0.1, 0.15) is 20.8 Å². The van der Waals surface area contributed by atoms with Crippen molar-refractivity contribution in [3.8, 4) is 0 Å². The van der Waals surface area contributed by atoms with E-state index in [1.54, 1.807) is 11.8 Å². The maximum atomic E-state index is 11.9. The summed E-state index contributed by atoms with van der Waals surface area (Å²) >= 11 is 1.60. The fraction of sp³-hybridized carbons (Fsp3) is 0.818. The van der Waals surface area contributed by atoms with Crippen LogP contribution >= 0.6 is 11.8 Å². The van der Waals surface area contributed by atoms with Crippen LogP contribution in [0.25, 0.3) is 0 Å². The number of carbonyl (C=O) groups excluding carboxylic acids is 2. The van der Waals surface area contributed by atoms with E-state index in [4.69, 9.17) is 9.47 Å². The van der Waals surface area contributed by atoms with Gasteiger partial charge in [-0.3, -0.25) is 9.59 Å². The van der Waals surface area contributed by atoms with Crippen LogP contribution in [0.4, 0.5) is 0 Å². The van der Waals surface area contributed by atoms with E-state index < -0.39 is 22.8 Å². The van der Waals surface area contributed by atoms with Crippen molar-refractivity contribution in [3.05, 3.63) is 0 Å². The van der Waals surface area contributed by atoms with Gasteiger partial charge in [0.05, 0.1) is 14.2 Å². The van der Waals surface area contributed by atoms with Crippen molar-refractivity contribution in [2.24, 2.45) is 10.8 Å². The van der Waals surface area contributed by atoms with Crippen molar-refractivity contribution in [2.75, 3.05) is 20.0 Å². The molecule has 0 aromatic carbocycles. The summed E-state index contributed by atoms with van der Waals surface area (Å²) in [5, 5.41) is -0.0649. The van der Waals surface area contributed by atoms with Crippen molar-refractivity contribution in [3.63, 3.8) is 0 Å². The molecule has 1 atom stereocenters. The van der Waals surface area contributed by atoms with E-state index in [0.717, 1.165) is 5.75 Å². The molecule has 1 rings (SSSR count). The Kier molecular flexibility index (Phi) is 3.57. The molecule has 92 valence electrons. The van der Waals surface area contributed by atoms with Crippen molar-refractivity contribution >= 4 is 23.7 Å². The molecule has 1 aliphatic carbocycles. The van der Waals surface area contributed by atoms with E-state index >= 15 is 0 Å². The molecule has 0 heterocycles. The quantitative estimate of drug-likeness (QED) is 0.555. The first-order chi connectivity index (χ1) is 7.41. The lowest BCUT2D eigenvalue weighted by atomic mass is 9.96. The third-order valence-electron chi connectivity index (χ3n) is 3.33. The Morgan fingerprint density at radius 1 is 1.19 bits per heavy atom. The molecule has 1 unspecified atom stereocenters. The van der Waals surface area contributed by atoms with Crippen molar-refractivity contribution in [2.45, 2.75) is 26.0 Å². The SMILES string of the molecule is CCSC1C(C)(C)C1(C(=O)OC)C(=O)OC. The van der Waals surface area contributed by atoms with Gasteiger partial charge in [0.2, 0.25) is 0 Å². The first kappa shape index (κ1) is 13.4. The normalized spacial score (nSPS) is 24.7. The third-order valence-corrected chi connectivity index (χ3v) is 4.94. The lowest BCUT2D eigenvalue weighted by Gasteiger charge is -2.14. The summed E-state index contributed by atoms with van der Waals surface area (Å²) in [6.45, 7) is 5.79. The van der Waals surface area contributed by atoms with Crippen LogP contribution in [0, 0.1) is 10.8 Å². The smallest absolute Gasteiger partial charge is 0.325 e. The van der Waals surface area contributed by atoms with Crippen molar-refractivity contribution < 1.29 is 19.1 Å². The zero-order chi connectivity index (χ0) is 12.6. The molecule has 1 fully saturated rings. The van der Waals surface area contributed by atoms with E-state index in [1.165, 1.54) is 14.2 Å². The Hall–Kier alpha value is -0.710. The number of rotatable bonds is 4. The van der Waals surface area contributed by atoms with Crippen LogP contribution in [0.2, 0.25) is 0 Å². The van der Waals surface area contributed by atoms with Gasteiger partial charge in [-0.05, 0) is 5.75 Å². The molecule has 0 aliphatic heterocycles. The van der Waals surface area contributed by atoms with Gasteiger partial charge in [0.15, 0.2) is 5.41 Å². The first-order valence-electron chi connectivity index (χ1n) is 5.19. The number of methoxy groups -OCH3 is 2. The fourth-order valence-electron chi connectivity index (χ4n) is 2.36. The number of hydrogen-bond donors (Lipinski definition) is 0. The molecular formula is C11H18O4S. The molecule has 5 heteroatoms. The zero-order valence-electron chi connectivity index (χ0n) is 10.3. The molecule has 0 radical (unpaired) electrons. The Morgan fingerprint density at radius 2 is 1.62 bits per heavy atom. The van der Waals surface area contributed by atoms with Crippen molar-refractivity contribution in [1.82, 2.24) is 0 Å². The number of ether oxygens (including phenoxy) is 2. The summed E-state index contributed by atoms with van der Waals surface area (Å²) in [7, 11) is 2.60. The maximum absolute atomic E-state index is 11.9. The van der Waals surface area contributed by atoms with Crippen molar-refractivity contribution in [1.29, 1.82) is 0 Å². The second-order valence-electron chi connectivity index (χ2n) is 4.35. The third kappa shape index (κ3) is 1.44. The van der Waals surface area contributed by atoms with Gasteiger partial charge in [-0.25, -0.2) is 0 Å². The van der Waals surface area contributed by atoms with E-state index in [1.807, 2.05) is 20.8 Å². The van der Waals surface area contributed by atoms with Crippen LogP contribution < -0.4 is 0 Å². The summed E-state index contributed by atoms with van der Waals surface area (Å²) in [5.74, 6) is -0.130. The van der Waals surface area contributed by atoms with E-state index in [2.05, 4.69) is 0 Å². The summed E-state index contributed by atoms with van der Waals surface area (Å²) in [6, 6.07) is 0. The van der Waals surface area contributed by atoms with Gasteiger partial charge < -0.3 is 9.47 Å². The summed E-state index contributed by atoms with van der Waals surface area (Å²) in [5.41, 5.74) is -1.54. The maximum Gasteiger partial charge on any atom is 0.325 e. The van der Waals surface area contributed by atoms with Gasteiger partial charge in [-0.1, -0.05) is 20.8 Å². The molecule has 16 heavy (non-hydrogen) atoms. The largest absolute Gasteiger partial charge is 0.468 e. The number of hydrogen-bond acceptors (Lipinski definition) is 5. The lowest BCUT2D eigenvalue weighted by molar-refractivity contribution is -0.163. The minimum Gasteiger partial charge on any atom is -0.468 e. The topological polar surface area (TPSA) is 52.6 Å². The molecule has 0 spiro atoms. The van der Waals surface area contributed by atoms with Crippen LogP contribution in [0.15, 0.2) is 0 Å². The highest BCUT2D eigenvalue weighted by Gasteiger charge is 2.82. The Labute approximate surface area is 100 Å². The number of carbonyl (C=O) groups is 2. The van der Waals surface area contributed by atoms with Gasteiger partial charge in [0.25, 0.3) is 0 Å². The van der Waals surface area contributed by atoms with Crippen LogP contribution in [0.5, 0.6) is 0 Å². The average molecular weight is 246 g/mol. The number of thioether (sulfide) groups is 1. The molecule has 0 saturated heterocycles. The highest BCUT2D eigenvalue weighted by Crippen LogP contribution is 2.69. The monoisotopic (exact) mass is 246 g/mol. The van der Waals surface area contributed by atoms with E-state index in [0.29, 0.717) is 0 Å². The van der Waals surface area contributed by atoms with Crippen LogP contribution in [0.3, 0.4) is 0 Å². The number of esters is 2. The second kappa shape index (κ2) is 4.28. The molecule has 0 N–H and O–H groups in total. The molecular weight excluding hydrogens is 228 g/mol. The minimum absolute atomic E-state index is 0.0649. The molecule has 0 aromatic heterocycles. The summed E-state index contributed by atoms with van der Waals surface area (Å²) < 4.78 is 9.52.